The van der Waals surface area contributed by atoms with E-state index in [2.05, 4.69) is 31.1 Å². The van der Waals surface area contributed by atoms with Gasteiger partial charge in [-0.15, -0.1) is 0 Å². The average molecular weight is 294 g/mol. The molecule has 1 heterocycles. The molecular formula is C15H20ClN3O. The number of aromatic nitrogens is 2. The van der Waals surface area contributed by atoms with Crippen LogP contribution in [0.1, 0.15) is 50.0 Å². The molecule has 2 rings (SSSR count). The minimum atomic E-state index is -0.0597. The van der Waals surface area contributed by atoms with Crippen molar-refractivity contribution in [3.63, 3.8) is 0 Å². The smallest absolute Gasteiger partial charge is 0.251 e. The second-order valence-corrected chi connectivity index (χ2v) is 5.50. The van der Waals surface area contributed by atoms with Crippen molar-refractivity contribution in [2.45, 2.75) is 39.7 Å². The Morgan fingerprint density at radius 2 is 2.20 bits per heavy atom. The average Bonchev–Trinajstić information content (AvgIpc) is 2.73. The Labute approximate surface area is 124 Å². The first-order valence-corrected chi connectivity index (χ1v) is 7.38. The van der Waals surface area contributed by atoms with Gasteiger partial charge in [-0.3, -0.25) is 4.79 Å². The second kappa shape index (κ2) is 6.27. The largest absolute Gasteiger partial charge is 0.352 e. The van der Waals surface area contributed by atoms with Crippen LogP contribution in [0, 0.1) is 0 Å². The zero-order chi connectivity index (χ0) is 14.7. The highest BCUT2D eigenvalue weighted by Crippen LogP contribution is 2.24. The van der Waals surface area contributed by atoms with Crippen LogP contribution >= 0.6 is 11.6 Å². The molecule has 0 unspecified atom stereocenters. The number of rotatable bonds is 5. The second-order valence-electron chi connectivity index (χ2n) is 5.16. The Morgan fingerprint density at radius 3 is 2.85 bits per heavy atom. The van der Waals surface area contributed by atoms with Crippen molar-refractivity contribution in [2.24, 2.45) is 0 Å². The molecule has 0 saturated carbocycles. The Bertz CT molecular complexity index is 619. The molecule has 2 aromatic rings. The predicted octanol–water partition coefficient (Wildman–Crippen LogP) is 3.80. The normalized spacial score (nSPS) is 11.2. The van der Waals surface area contributed by atoms with Crippen molar-refractivity contribution >= 4 is 28.5 Å². The quantitative estimate of drug-likeness (QED) is 0.852. The lowest BCUT2D eigenvalue weighted by molar-refractivity contribution is 0.0953. The fourth-order valence-electron chi connectivity index (χ4n) is 2.18. The summed E-state index contributed by atoms with van der Waals surface area (Å²) in [5.74, 6) is -0.0597. The van der Waals surface area contributed by atoms with Gasteiger partial charge in [-0.2, -0.15) is 0 Å². The number of hydrogen-bond acceptors (Lipinski definition) is 2. The van der Waals surface area contributed by atoms with Crippen LogP contribution in [-0.2, 0) is 0 Å². The van der Waals surface area contributed by atoms with Crippen molar-refractivity contribution in [2.75, 3.05) is 6.54 Å². The van der Waals surface area contributed by atoms with E-state index in [4.69, 9.17) is 11.6 Å². The third-order valence-corrected chi connectivity index (χ3v) is 3.51. The summed E-state index contributed by atoms with van der Waals surface area (Å²) in [6.45, 7) is 6.91. The third-order valence-electron chi connectivity index (χ3n) is 3.24. The molecule has 0 bridgehead atoms. The van der Waals surface area contributed by atoms with Gasteiger partial charge in [0.05, 0.1) is 11.0 Å². The molecule has 0 atom stereocenters. The molecule has 20 heavy (non-hydrogen) atoms. The number of nitrogens with one attached hydrogen (secondary N) is 1. The van der Waals surface area contributed by atoms with E-state index in [1.807, 2.05) is 16.7 Å². The highest BCUT2D eigenvalue weighted by molar-refractivity contribution is 6.29. The molecule has 0 aliphatic heterocycles. The molecular weight excluding hydrogens is 274 g/mol. The van der Waals surface area contributed by atoms with Crippen LogP contribution in [-0.4, -0.2) is 22.0 Å². The highest BCUT2D eigenvalue weighted by Gasteiger charge is 2.13. The van der Waals surface area contributed by atoms with E-state index in [-0.39, 0.29) is 11.9 Å². The van der Waals surface area contributed by atoms with Crippen molar-refractivity contribution in [3.8, 4) is 0 Å². The first-order valence-electron chi connectivity index (χ1n) is 7.00. The standard InChI is InChI=1S/C15H20ClN3O/c1-4-5-8-17-14(20)11-6-7-13-12(9-11)18-15(16)19(13)10(2)3/h6-7,9-10H,4-5,8H2,1-3H3,(H,17,20). The number of imidazole rings is 1. The van der Waals surface area contributed by atoms with E-state index in [9.17, 15) is 4.79 Å². The SMILES string of the molecule is CCCCNC(=O)c1ccc2c(c1)nc(Cl)n2C(C)C. The summed E-state index contributed by atoms with van der Waals surface area (Å²) in [7, 11) is 0. The number of amides is 1. The first-order chi connectivity index (χ1) is 9.54. The highest BCUT2D eigenvalue weighted by atomic mass is 35.5. The van der Waals surface area contributed by atoms with Gasteiger partial charge in [0.15, 0.2) is 0 Å². The van der Waals surface area contributed by atoms with E-state index < -0.39 is 0 Å². The Hall–Kier alpha value is -1.55. The lowest BCUT2D eigenvalue weighted by Gasteiger charge is -2.09. The number of nitrogens with zero attached hydrogens (tertiary/aromatic N) is 2. The van der Waals surface area contributed by atoms with Crippen molar-refractivity contribution in [1.29, 1.82) is 0 Å². The van der Waals surface area contributed by atoms with Gasteiger partial charge in [0.25, 0.3) is 5.91 Å². The maximum absolute atomic E-state index is 12.0. The predicted molar refractivity (Wildman–Crippen MR) is 82.4 cm³/mol. The van der Waals surface area contributed by atoms with Crippen LogP contribution in [0.3, 0.4) is 0 Å². The fourth-order valence-corrected chi connectivity index (χ4v) is 2.56. The summed E-state index contributed by atoms with van der Waals surface area (Å²) in [5.41, 5.74) is 2.33. The van der Waals surface area contributed by atoms with E-state index in [1.54, 1.807) is 6.07 Å². The molecule has 0 fully saturated rings. The lowest BCUT2D eigenvalue weighted by Crippen LogP contribution is -2.24. The number of hydrogen-bond donors (Lipinski definition) is 1. The zero-order valence-electron chi connectivity index (χ0n) is 12.1. The van der Waals surface area contributed by atoms with Crippen molar-refractivity contribution < 1.29 is 4.79 Å². The number of carbonyl (C=O) groups excluding carboxylic acids is 1. The molecule has 1 amide bonds. The van der Waals surface area contributed by atoms with Gasteiger partial charge in [0, 0.05) is 18.2 Å². The zero-order valence-corrected chi connectivity index (χ0v) is 12.9. The number of fused-ring (bicyclic) bond motifs is 1. The molecule has 4 nitrogen and oxygen atoms in total. The number of unbranched alkanes of at least 4 members (excludes halogenated alkanes) is 1. The van der Waals surface area contributed by atoms with Crippen LogP contribution in [0.4, 0.5) is 0 Å². The van der Waals surface area contributed by atoms with Crippen LogP contribution in [0.25, 0.3) is 11.0 Å². The van der Waals surface area contributed by atoms with Gasteiger partial charge >= 0.3 is 0 Å². The summed E-state index contributed by atoms with van der Waals surface area (Å²) < 4.78 is 1.95. The number of carbonyl (C=O) groups is 1. The summed E-state index contributed by atoms with van der Waals surface area (Å²) in [6.07, 6.45) is 2.05. The minimum Gasteiger partial charge on any atom is -0.352 e. The summed E-state index contributed by atoms with van der Waals surface area (Å²) in [4.78, 5) is 16.3. The molecule has 0 aliphatic rings. The molecule has 0 radical (unpaired) electrons. The third kappa shape index (κ3) is 2.96. The number of halogens is 1. The van der Waals surface area contributed by atoms with Gasteiger partial charge in [-0.1, -0.05) is 13.3 Å². The minimum absolute atomic E-state index is 0.0597. The molecule has 0 saturated heterocycles. The van der Waals surface area contributed by atoms with Crippen LogP contribution < -0.4 is 5.32 Å². The van der Waals surface area contributed by atoms with Gasteiger partial charge in [-0.25, -0.2) is 4.98 Å². The summed E-state index contributed by atoms with van der Waals surface area (Å²) in [6, 6.07) is 5.75. The maximum Gasteiger partial charge on any atom is 0.251 e. The lowest BCUT2D eigenvalue weighted by atomic mass is 10.2. The van der Waals surface area contributed by atoms with Crippen molar-refractivity contribution in [1.82, 2.24) is 14.9 Å². The molecule has 0 spiro atoms. The van der Waals surface area contributed by atoms with Gasteiger partial charge in [0.2, 0.25) is 5.28 Å². The van der Waals surface area contributed by atoms with Crippen LogP contribution in [0.2, 0.25) is 5.28 Å². The van der Waals surface area contributed by atoms with E-state index >= 15 is 0 Å². The van der Waals surface area contributed by atoms with E-state index in [0.29, 0.717) is 17.4 Å². The van der Waals surface area contributed by atoms with Gasteiger partial charge in [-0.05, 0) is 50.1 Å². The monoisotopic (exact) mass is 293 g/mol. The topological polar surface area (TPSA) is 46.9 Å². The summed E-state index contributed by atoms with van der Waals surface area (Å²) in [5, 5.41) is 3.36. The van der Waals surface area contributed by atoms with E-state index in [0.717, 1.165) is 23.9 Å². The molecule has 1 aromatic carbocycles. The van der Waals surface area contributed by atoms with Crippen LogP contribution in [0.15, 0.2) is 18.2 Å². The molecule has 1 N–H and O–H groups in total. The Morgan fingerprint density at radius 1 is 1.45 bits per heavy atom. The van der Waals surface area contributed by atoms with Crippen molar-refractivity contribution in [3.05, 3.63) is 29.0 Å². The Balaban J connectivity index is 2.28. The maximum atomic E-state index is 12.0. The van der Waals surface area contributed by atoms with Gasteiger partial charge in [0.1, 0.15) is 0 Å². The van der Waals surface area contributed by atoms with E-state index in [1.165, 1.54) is 0 Å². The first kappa shape index (κ1) is 14.9. The Kier molecular flexibility index (Phi) is 4.65. The summed E-state index contributed by atoms with van der Waals surface area (Å²) >= 11 is 6.15. The molecule has 108 valence electrons. The number of benzene rings is 1. The molecule has 5 heteroatoms. The molecule has 1 aromatic heterocycles. The molecule has 0 aliphatic carbocycles. The van der Waals surface area contributed by atoms with Crippen LogP contribution in [0.5, 0.6) is 0 Å². The fraction of sp³-hybridized carbons (Fsp3) is 0.467. The van der Waals surface area contributed by atoms with Gasteiger partial charge < -0.3 is 9.88 Å².